The van der Waals surface area contributed by atoms with Crippen molar-refractivity contribution in [3.05, 3.63) is 65.7 Å². The van der Waals surface area contributed by atoms with Gasteiger partial charge in [-0.25, -0.2) is 4.79 Å². The van der Waals surface area contributed by atoms with Gasteiger partial charge in [0.2, 0.25) is 0 Å². The largest absolute Gasteiger partial charge is 0.508 e. The van der Waals surface area contributed by atoms with Crippen molar-refractivity contribution in [2.24, 2.45) is 5.92 Å². The smallest absolute Gasteiger partial charge is 0.410 e. The topological polar surface area (TPSA) is 49.8 Å². The lowest BCUT2D eigenvalue weighted by atomic mass is 10.2. The number of phenolic OH excluding ortho intramolecular Hbond substituents is 1. The Morgan fingerprint density at radius 3 is 2.39 bits per heavy atom. The number of carbonyl (C=O) groups is 1. The summed E-state index contributed by atoms with van der Waals surface area (Å²) in [6, 6.07) is 16.6. The number of carbonyl (C=O) groups excluding carboxylic acids is 1. The van der Waals surface area contributed by atoms with Crippen molar-refractivity contribution >= 4 is 6.09 Å². The number of benzene rings is 2. The van der Waals surface area contributed by atoms with Crippen LogP contribution in [0.3, 0.4) is 0 Å². The van der Waals surface area contributed by atoms with Crippen LogP contribution in [-0.4, -0.2) is 22.6 Å². The monoisotopic (exact) mass is 311 g/mol. The number of ether oxygens (including phenoxy) is 1. The zero-order valence-corrected chi connectivity index (χ0v) is 13.0. The number of aromatic hydroxyl groups is 1. The summed E-state index contributed by atoms with van der Waals surface area (Å²) in [5, 5.41) is 9.36. The summed E-state index contributed by atoms with van der Waals surface area (Å²) in [5.74, 6) is 0.825. The molecular formula is C19H21NO3. The summed E-state index contributed by atoms with van der Waals surface area (Å²) in [7, 11) is 0. The molecular weight excluding hydrogens is 290 g/mol. The molecule has 1 aliphatic rings. The van der Waals surface area contributed by atoms with Crippen LogP contribution in [0.25, 0.3) is 0 Å². The molecule has 0 saturated heterocycles. The van der Waals surface area contributed by atoms with Crippen LogP contribution in [0, 0.1) is 5.92 Å². The molecule has 0 atom stereocenters. The first-order valence-corrected chi connectivity index (χ1v) is 7.94. The summed E-state index contributed by atoms with van der Waals surface area (Å²) < 4.78 is 5.45. The molecule has 4 heteroatoms. The molecule has 0 aliphatic heterocycles. The first kappa shape index (κ1) is 15.4. The molecule has 1 fully saturated rings. The van der Waals surface area contributed by atoms with Gasteiger partial charge in [-0.1, -0.05) is 42.5 Å². The van der Waals surface area contributed by atoms with E-state index in [9.17, 15) is 9.90 Å². The van der Waals surface area contributed by atoms with Crippen molar-refractivity contribution in [2.75, 3.05) is 6.54 Å². The Morgan fingerprint density at radius 2 is 1.74 bits per heavy atom. The lowest BCUT2D eigenvalue weighted by Crippen LogP contribution is -2.32. The van der Waals surface area contributed by atoms with Crippen LogP contribution in [0.2, 0.25) is 0 Å². The molecule has 1 saturated carbocycles. The maximum absolute atomic E-state index is 12.4. The number of hydrogen-bond acceptors (Lipinski definition) is 3. The first-order valence-electron chi connectivity index (χ1n) is 7.94. The summed E-state index contributed by atoms with van der Waals surface area (Å²) in [6.45, 7) is 1.52. The molecule has 1 N–H and O–H groups in total. The fourth-order valence-electron chi connectivity index (χ4n) is 2.45. The fourth-order valence-corrected chi connectivity index (χ4v) is 2.45. The minimum absolute atomic E-state index is 0.231. The van der Waals surface area contributed by atoms with E-state index < -0.39 is 0 Å². The van der Waals surface area contributed by atoms with Crippen molar-refractivity contribution in [1.82, 2.24) is 4.90 Å². The highest BCUT2D eigenvalue weighted by Gasteiger charge is 2.27. The van der Waals surface area contributed by atoms with Gasteiger partial charge in [0.05, 0.1) is 0 Å². The van der Waals surface area contributed by atoms with Crippen LogP contribution in [0.15, 0.2) is 54.6 Å². The maximum atomic E-state index is 12.4. The SMILES string of the molecule is O=C(OCc1ccccc1)N(Cc1ccc(O)cc1)CC1CC1. The van der Waals surface area contributed by atoms with E-state index in [0.29, 0.717) is 12.5 Å². The zero-order chi connectivity index (χ0) is 16.1. The number of nitrogens with zero attached hydrogens (tertiary/aromatic N) is 1. The summed E-state index contributed by atoms with van der Waals surface area (Å²) in [6.07, 6.45) is 2.07. The third-order valence-electron chi connectivity index (χ3n) is 3.95. The Kier molecular flexibility index (Phi) is 4.81. The molecule has 0 radical (unpaired) electrons. The number of amides is 1. The van der Waals surface area contributed by atoms with Crippen LogP contribution in [0.4, 0.5) is 4.79 Å². The molecule has 2 aromatic carbocycles. The van der Waals surface area contributed by atoms with Gasteiger partial charge in [-0.05, 0) is 42.0 Å². The number of phenols is 1. The average Bonchev–Trinajstić information content (AvgIpc) is 3.39. The van der Waals surface area contributed by atoms with Gasteiger partial charge in [-0.2, -0.15) is 0 Å². The molecule has 0 heterocycles. The van der Waals surface area contributed by atoms with Gasteiger partial charge in [0, 0.05) is 13.1 Å². The van der Waals surface area contributed by atoms with Crippen LogP contribution in [-0.2, 0) is 17.9 Å². The molecule has 3 rings (SSSR count). The number of rotatable bonds is 6. The Bertz CT molecular complexity index is 635. The van der Waals surface area contributed by atoms with Crippen LogP contribution in [0.5, 0.6) is 5.75 Å². The van der Waals surface area contributed by atoms with Gasteiger partial charge in [0.15, 0.2) is 0 Å². The van der Waals surface area contributed by atoms with Crippen molar-refractivity contribution in [1.29, 1.82) is 0 Å². The number of hydrogen-bond donors (Lipinski definition) is 1. The van der Waals surface area contributed by atoms with Crippen molar-refractivity contribution in [2.45, 2.75) is 26.0 Å². The Morgan fingerprint density at radius 1 is 1.04 bits per heavy atom. The first-order chi connectivity index (χ1) is 11.2. The minimum atomic E-state index is -0.283. The van der Waals surface area contributed by atoms with Crippen molar-refractivity contribution in [3.63, 3.8) is 0 Å². The molecule has 0 spiro atoms. The van der Waals surface area contributed by atoms with E-state index in [2.05, 4.69) is 0 Å². The highest BCUT2D eigenvalue weighted by atomic mass is 16.6. The molecule has 0 aromatic heterocycles. The van der Waals surface area contributed by atoms with Gasteiger partial charge in [-0.15, -0.1) is 0 Å². The lowest BCUT2D eigenvalue weighted by Gasteiger charge is -2.22. The van der Waals surface area contributed by atoms with Crippen molar-refractivity contribution in [3.8, 4) is 5.75 Å². The van der Waals surface area contributed by atoms with Gasteiger partial charge >= 0.3 is 6.09 Å². The van der Waals surface area contributed by atoms with E-state index in [1.807, 2.05) is 42.5 Å². The molecule has 1 aliphatic carbocycles. The second kappa shape index (κ2) is 7.18. The van der Waals surface area contributed by atoms with E-state index in [1.165, 1.54) is 12.8 Å². The van der Waals surface area contributed by atoms with Crippen LogP contribution >= 0.6 is 0 Å². The quantitative estimate of drug-likeness (QED) is 0.879. The van der Waals surface area contributed by atoms with E-state index in [1.54, 1.807) is 17.0 Å². The summed E-state index contributed by atoms with van der Waals surface area (Å²) in [5.41, 5.74) is 1.97. The molecule has 0 bridgehead atoms. The van der Waals surface area contributed by atoms with Crippen molar-refractivity contribution < 1.29 is 14.6 Å². The fraction of sp³-hybridized carbons (Fsp3) is 0.316. The maximum Gasteiger partial charge on any atom is 0.410 e. The van der Waals surface area contributed by atoms with Gasteiger partial charge in [0.1, 0.15) is 12.4 Å². The third kappa shape index (κ3) is 4.74. The predicted octanol–water partition coefficient (Wildman–Crippen LogP) is 3.94. The minimum Gasteiger partial charge on any atom is -0.508 e. The summed E-state index contributed by atoms with van der Waals surface area (Å²) >= 11 is 0. The van der Waals surface area contributed by atoms with E-state index in [4.69, 9.17) is 4.74 Å². The van der Waals surface area contributed by atoms with Crippen LogP contribution in [0.1, 0.15) is 24.0 Å². The molecule has 4 nitrogen and oxygen atoms in total. The second-order valence-corrected chi connectivity index (χ2v) is 6.03. The predicted molar refractivity (Wildman–Crippen MR) is 87.9 cm³/mol. The van der Waals surface area contributed by atoms with Gasteiger partial charge in [-0.3, -0.25) is 0 Å². The summed E-state index contributed by atoms with van der Waals surface area (Å²) in [4.78, 5) is 14.2. The van der Waals surface area contributed by atoms with E-state index in [-0.39, 0.29) is 18.4 Å². The molecule has 0 unspecified atom stereocenters. The molecule has 120 valence electrons. The third-order valence-corrected chi connectivity index (χ3v) is 3.95. The van der Waals surface area contributed by atoms with E-state index >= 15 is 0 Å². The normalized spacial score (nSPS) is 13.6. The van der Waals surface area contributed by atoms with E-state index in [0.717, 1.165) is 17.7 Å². The van der Waals surface area contributed by atoms with Gasteiger partial charge in [0.25, 0.3) is 0 Å². The van der Waals surface area contributed by atoms with Gasteiger partial charge < -0.3 is 14.7 Å². The Labute approximate surface area is 136 Å². The molecule has 1 amide bonds. The molecule has 2 aromatic rings. The molecule has 23 heavy (non-hydrogen) atoms. The Balaban J connectivity index is 1.60. The second-order valence-electron chi connectivity index (χ2n) is 6.03. The average molecular weight is 311 g/mol. The Hall–Kier alpha value is -2.49. The lowest BCUT2D eigenvalue weighted by molar-refractivity contribution is 0.0919. The highest BCUT2D eigenvalue weighted by Crippen LogP contribution is 2.30. The zero-order valence-electron chi connectivity index (χ0n) is 13.0. The van der Waals surface area contributed by atoms with Crippen LogP contribution < -0.4 is 0 Å². The highest BCUT2D eigenvalue weighted by molar-refractivity contribution is 5.67. The standard InChI is InChI=1S/C19H21NO3/c21-18-10-8-16(9-11-18)13-20(12-15-6-7-15)19(22)23-14-17-4-2-1-3-5-17/h1-5,8-11,15,21H,6-7,12-14H2.